The van der Waals surface area contributed by atoms with E-state index >= 15 is 0 Å². The summed E-state index contributed by atoms with van der Waals surface area (Å²) in [4.78, 5) is 0. The number of aromatic hydroxyl groups is 1. The van der Waals surface area contributed by atoms with Gasteiger partial charge in [0.2, 0.25) is 0 Å². The Labute approximate surface area is 83.1 Å². The van der Waals surface area contributed by atoms with Crippen LogP contribution in [0, 0.1) is 0 Å². The van der Waals surface area contributed by atoms with E-state index in [2.05, 4.69) is 0 Å². The van der Waals surface area contributed by atoms with E-state index in [1.807, 2.05) is 0 Å². The summed E-state index contributed by atoms with van der Waals surface area (Å²) in [6, 6.07) is 4.67. The van der Waals surface area contributed by atoms with Crippen LogP contribution in [0.1, 0.15) is 24.2 Å². The fourth-order valence-corrected chi connectivity index (χ4v) is 0.992. The summed E-state index contributed by atoms with van der Waals surface area (Å²) in [6.07, 6.45) is -0.573. The Morgan fingerprint density at radius 3 is 2.46 bits per heavy atom. The van der Waals surface area contributed by atoms with E-state index in [-0.39, 0.29) is 24.8 Å². The first-order valence-corrected chi connectivity index (χ1v) is 3.76. The number of hydrogen-bond donors (Lipinski definition) is 3. The van der Waals surface area contributed by atoms with E-state index < -0.39 is 6.10 Å². The van der Waals surface area contributed by atoms with Crippen molar-refractivity contribution in [1.82, 2.24) is 0 Å². The number of rotatable bonds is 2. The third-order valence-corrected chi connectivity index (χ3v) is 1.76. The van der Waals surface area contributed by atoms with Crippen molar-refractivity contribution in [3.05, 3.63) is 29.3 Å². The van der Waals surface area contributed by atoms with Gasteiger partial charge in [-0.2, -0.15) is 0 Å². The fourth-order valence-electron chi connectivity index (χ4n) is 0.992. The maximum atomic E-state index is 9.18. The van der Waals surface area contributed by atoms with Crippen LogP contribution in [0.5, 0.6) is 5.75 Å². The van der Waals surface area contributed by atoms with Crippen molar-refractivity contribution in [2.75, 3.05) is 0 Å². The van der Waals surface area contributed by atoms with E-state index in [1.54, 1.807) is 19.1 Å². The Morgan fingerprint density at radius 1 is 1.38 bits per heavy atom. The minimum absolute atomic E-state index is 0. The van der Waals surface area contributed by atoms with Gasteiger partial charge in [0.05, 0.1) is 12.7 Å². The lowest BCUT2D eigenvalue weighted by atomic mass is 10.1. The molecule has 0 heterocycles. The molecule has 0 aromatic heterocycles. The molecule has 0 aliphatic rings. The lowest BCUT2D eigenvalue weighted by Gasteiger charge is -2.07. The maximum absolute atomic E-state index is 9.18. The monoisotopic (exact) mass is 204 g/mol. The van der Waals surface area contributed by atoms with Crippen molar-refractivity contribution >= 4 is 12.4 Å². The Balaban J connectivity index is 0.00000144. The molecule has 0 spiro atoms. The van der Waals surface area contributed by atoms with Gasteiger partial charge in [0.15, 0.2) is 0 Å². The lowest BCUT2D eigenvalue weighted by molar-refractivity contribution is 0.198. The van der Waals surface area contributed by atoms with Gasteiger partial charge in [-0.3, -0.25) is 0 Å². The highest BCUT2D eigenvalue weighted by Gasteiger charge is 2.04. The van der Waals surface area contributed by atoms with E-state index in [1.165, 1.54) is 6.07 Å². The zero-order chi connectivity index (χ0) is 9.14. The van der Waals surface area contributed by atoms with Gasteiger partial charge in [0, 0.05) is 5.56 Å². The third-order valence-electron chi connectivity index (χ3n) is 1.76. The first-order chi connectivity index (χ1) is 5.65. The summed E-state index contributed by atoms with van der Waals surface area (Å²) in [5.74, 6) is 0.0573. The Hall–Kier alpha value is -0.770. The van der Waals surface area contributed by atoms with Crippen molar-refractivity contribution < 1.29 is 15.3 Å². The van der Waals surface area contributed by atoms with Crippen molar-refractivity contribution in [2.45, 2.75) is 19.6 Å². The van der Waals surface area contributed by atoms with E-state index in [0.29, 0.717) is 11.1 Å². The van der Waals surface area contributed by atoms with Gasteiger partial charge in [-0.05, 0) is 24.6 Å². The van der Waals surface area contributed by atoms with Gasteiger partial charge in [-0.1, -0.05) is 6.07 Å². The van der Waals surface area contributed by atoms with Crippen LogP contribution < -0.4 is 0 Å². The minimum atomic E-state index is -0.573. The van der Waals surface area contributed by atoms with Crippen LogP contribution in [0.15, 0.2) is 18.2 Å². The molecule has 4 heteroatoms. The zero-order valence-electron chi connectivity index (χ0n) is 7.27. The van der Waals surface area contributed by atoms with Crippen LogP contribution in [0.2, 0.25) is 0 Å². The highest BCUT2D eigenvalue weighted by atomic mass is 35.5. The number of halogens is 1. The molecule has 0 saturated heterocycles. The van der Waals surface area contributed by atoms with Crippen LogP contribution in [0.25, 0.3) is 0 Å². The molecule has 1 atom stereocenters. The molecule has 0 saturated carbocycles. The predicted molar refractivity (Wildman–Crippen MR) is 51.9 cm³/mol. The summed E-state index contributed by atoms with van der Waals surface area (Å²) in [5.41, 5.74) is 1.13. The second-order valence-corrected chi connectivity index (χ2v) is 2.72. The van der Waals surface area contributed by atoms with Gasteiger partial charge in [0.1, 0.15) is 5.75 Å². The highest BCUT2D eigenvalue weighted by Crippen LogP contribution is 2.21. The van der Waals surface area contributed by atoms with Gasteiger partial charge < -0.3 is 15.3 Å². The average Bonchev–Trinajstić information content (AvgIpc) is 2.05. The topological polar surface area (TPSA) is 60.7 Å². The second-order valence-electron chi connectivity index (χ2n) is 2.72. The molecule has 0 aliphatic carbocycles. The maximum Gasteiger partial charge on any atom is 0.121 e. The molecule has 1 aromatic rings. The Kier molecular flexibility index (Phi) is 4.77. The molecule has 1 rings (SSSR count). The molecule has 0 fully saturated rings. The van der Waals surface area contributed by atoms with Gasteiger partial charge in [0.25, 0.3) is 0 Å². The SMILES string of the molecule is CC(O)c1ccc(O)c(CO)c1.Cl. The van der Waals surface area contributed by atoms with Gasteiger partial charge >= 0.3 is 0 Å². The number of benzene rings is 1. The predicted octanol–water partition coefficient (Wildman–Crippen LogP) is 1.36. The van der Waals surface area contributed by atoms with Crippen LogP contribution in [0.4, 0.5) is 0 Å². The van der Waals surface area contributed by atoms with Crippen molar-refractivity contribution in [3.63, 3.8) is 0 Å². The van der Waals surface area contributed by atoms with Crippen molar-refractivity contribution in [3.8, 4) is 5.75 Å². The molecule has 1 aromatic carbocycles. The zero-order valence-corrected chi connectivity index (χ0v) is 8.08. The molecule has 13 heavy (non-hydrogen) atoms. The Morgan fingerprint density at radius 2 is 2.00 bits per heavy atom. The molecule has 0 amide bonds. The quantitative estimate of drug-likeness (QED) is 0.682. The number of hydrogen-bond acceptors (Lipinski definition) is 3. The number of phenols is 1. The summed E-state index contributed by atoms with van der Waals surface area (Å²) in [6.45, 7) is 1.42. The molecule has 3 nitrogen and oxygen atoms in total. The molecule has 0 bridgehead atoms. The largest absolute Gasteiger partial charge is 0.508 e. The Bertz CT molecular complexity index is 274. The van der Waals surface area contributed by atoms with Gasteiger partial charge in [-0.15, -0.1) is 12.4 Å². The average molecular weight is 205 g/mol. The van der Waals surface area contributed by atoms with E-state index in [4.69, 9.17) is 5.11 Å². The van der Waals surface area contributed by atoms with Crippen LogP contribution in [0.3, 0.4) is 0 Å². The first kappa shape index (κ1) is 12.2. The first-order valence-electron chi connectivity index (χ1n) is 3.76. The van der Waals surface area contributed by atoms with Crippen LogP contribution in [-0.4, -0.2) is 15.3 Å². The summed E-state index contributed by atoms with van der Waals surface area (Å²) in [5, 5.41) is 27.1. The second kappa shape index (κ2) is 5.07. The highest BCUT2D eigenvalue weighted by molar-refractivity contribution is 5.85. The fraction of sp³-hybridized carbons (Fsp3) is 0.333. The molecular weight excluding hydrogens is 192 g/mol. The van der Waals surface area contributed by atoms with E-state index in [9.17, 15) is 10.2 Å². The molecule has 0 aliphatic heterocycles. The number of aliphatic hydroxyl groups is 2. The smallest absolute Gasteiger partial charge is 0.121 e. The summed E-state index contributed by atoms with van der Waals surface area (Å²) in [7, 11) is 0. The molecule has 0 radical (unpaired) electrons. The molecule has 1 unspecified atom stereocenters. The van der Waals surface area contributed by atoms with Crippen LogP contribution >= 0.6 is 12.4 Å². The van der Waals surface area contributed by atoms with Crippen molar-refractivity contribution in [1.29, 1.82) is 0 Å². The standard InChI is InChI=1S/C9H12O3.ClH/c1-6(11)7-2-3-9(12)8(4-7)5-10;/h2-4,6,10-12H,5H2,1H3;1H. The molecule has 74 valence electrons. The summed E-state index contributed by atoms with van der Waals surface area (Å²) < 4.78 is 0. The van der Waals surface area contributed by atoms with Gasteiger partial charge in [-0.25, -0.2) is 0 Å². The minimum Gasteiger partial charge on any atom is -0.508 e. The normalized spacial score (nSPS) is 11.9. The molecule has 3 N–H and O–H groups in total. The lowest BCUT2D eigenvalue weighted by Crippen LogP contribution is -1.93. The van der Waals surface area contributed by atoms with Crippen LogP contribution in [-0.2, 0) is 6.61 Å². The molecular formula is C9H13ClO3. The summed E-state index contributed by atoms with van der Waals surface area (Å²) >= 11 is 0. The third kappa shape index (κ3) is 2.88. The van der Waals surface area contributed by atoms with E-state index in [0.717, 1.165) is 0 Å². The number of aliphatic hydroxyl groups excluding tert-OH is 2. The van der Waals surface area contributed by atoms with Crippen molar-refractivity contribution in [2.24, 2.45) is 0 Å².